The van der Waals surface area contributed by atoms with Crippen molar-refractivity contribution < 1.29 is 9.18 Å². The number of hydrogen-bond acceptors (Lipinski definition) is 8. The number of halogens is 1. The summed E-state index contributed by atoms with van der Waals surface area (Å²) in [6, 6.07) is 19.8. The van der Waals surface area contributed by atoms with Gasteiger partial charge in [-0.3, -0.25) is 14.9 Å². The maximum Gasteiger partial charge on any atom is 0.273 e. The molecule has 0 fully saturated rings. The lowest BCUT2D eigenvalue weighted by Gasteiger charge is -2.09. The van der Waals surface area contributed by atoms with Crippen LogP contribution in [0.25, 0.3) is 22.6 Å². The normalized spacial score (nSPS) is 10.6. The Hall–Kier alpha value is -5.50. The molecule has 11 heteroatoms. The van der Waals surface area contributed by atoms with Gasteiger partial charge in [0.05, 0.1) is 5.69 Å². The molecular weight excluding hydrogens is 485 g/mol. The van der Waals surface area contributed by atoms with Crippen molar-refractivity contribution in [3.8, 4) is 28.7 Å². The largest absolute Gasteiger partial charge is 0.346 e. The summed E-state index contributed by atoms with van der Waals surface area (Å²) < 4.78 is 14.9. The van der Waals surface area contributed by atoms with Gasteiger partial charge >= 0.3 is 0 Å². The maximum atomic E-state index is 14.9. The molecule has 0 radical (unpaired) electrons. The Balaban J connectivity index is 1.27. The van der Waals surface area contributed by atoms with Crippen LogP contribution in [0.2, 0.25) is 0 Å². The van der Waals surface area contributed by atoms with Gasteiger partial charge in [-0.1, -0.05) is 36.4 Å². The molecule has 5 rings (SSSR count). The van der Waals surface area contributed by atoms with Crippen molar-refractivity contribution in [2.75, 3.05) is 5.32 Å². The van der Waals surface area contributed by atoms with Crippen molar-refractivity contribution in [2.45, 2.75) is 13.5 Å². The molecule has 0 aliphatic heterocycles. The van der Waals surface area contributed by atoms with Crippen molar-refractivity contribution in [3.05, 3.63) is 102 Å². The molecule has 38 heavy (non-hydrogen) atoms. The van der Waals surface area contributed by atoms with Crippen LogP contribution in [-0.4, -0.2) is 36.0 Å². The van der Waals surface area contributed by atoms with E-state index in [-0.39, 0.29) is 18.1 Å². The average Bonchev–Trinajstić information content (AvgIpc) is 3.39. The predicted molar refractivity (Wildman–Crippen MR) is 137 cm³/mol. The molecule has 4 heterocycles. The number of nitriles is 1. The van der Waals surface area contributed by atoms with Crippen LogP contribution in [0.1, 0.15) is 27.4 Å². The number of H-pyrrole nitrogens is 1. The third kappa shape index (κ3) is 5.50. The molecule has 186 valence electrons. The number of nitrogens with one attached hydrogen (secondary N) is 3. The Labute approximate surface area is 216 Å². The highest BCUT2D eigenvalue weighted by Crippen LogP contribution is 2.21. The summed E-state index contributed by atoms with van der Waals surface area (Å²) in [7, 11) is 0. The standard InChI is InChI=1S/C27H20FN9O/c1-16-9-23(34-24-11-20(12-29)36-37-24)35-26(33-16)19-10-21(28)25(31-15-19)27(38)32-14-17-7-8-22(30-13-17)18-5-3-2-4-6-18/h2-11,13,15H,14H2,1H3,(H,32,38)(H2,33,34,35,36,37). The number of aryl methyl sites for hydroxylation is 1. The Morgan fingerprint density at radius 3 is 2.55 bits per heavy atom. The van der Waals surface area contributed by atoms with Gasteiger partial charge < -0.3 is 10.6 Å². The Kier molecular flexibility index (Phi) is 6.77. The quantitative estimate of drug-likeness (QED) is 0.297. The van der Waals surface area contributed by atoms with E-state index in [0.717, 1.165) is 16.8 Å². The fourth-order valence-electron chi connectivity index (χ4n) is 3.64. The molecule has 3 N–H and O–H groups in total. The molecule has 0 saturated carbocycles. The van der Waals surface area contributed by atoms with E-state index in [9.17, 15) is 9.18 Å². The fourth-order valence-corrected chi connectivity index (χ4v) is 3.64. The summed E-state index contributed by atoms with van der Waals surface area (Å²) in [6.45, 7) is 1.93. The molecule has 0 saturated heterocycles. The highest BCUT2D eigenvalue weighted by atomic mass is 19.1. The smallest absolute Gasteiger partial charge is 0.273 e. The number of amides is 1. The number of carbonyl (C=O) groups is 1. The molecule has 0 spiro atoms. The molecule has 10 nitrogen and oxygen atoms in total. The minimum absolute atomic E-state index is 0.167. The lowest BCUT2D eigenvalue weighted by molar-refractivity contribution is 0.0941. The highest BCUT2D eigenvalue weighted by molar-refractivity contribution is 5.92. The van der Waals surface area contributed by atoms with Crippen molar-refractivity contribution in [1.29, 1.82) is 5.26 Å². The van der Waals surface area contributed by atoms with Gasteiger partial charge in [0.1, 0.15) is 17.6 Å². The van der Waals surface area contributed by atoms with Crippen LogP contribution in [0.5, 0.6) is 0 Å². The second kappa shape index (κ2) is 10.6. The van der Waals surface area contributed by atoms with Gasteiger partial charge in [-0.05, 0) is 24.6 Å². The van der Waals surface area contributed by atoms with E-state index < -0.39 is 11.7 Å². The highest BCUT2D eigenvalue weighted by Gasteiger charge is 2.16. The molecule has 5 aromatic rings. The van der Waals surface area contributed by atoms with Gasteiger partial charge in [0.15, 0.2) is 23.2 Å². The third-order valence-corrected chi connectivity index (χ3v) is 5.47. The van der Waals surface area contributed by atoms with Gasteiger partial charge in [-0.25, -0.2) is 19.3 Å². The Morgan fingerprint density at radius 2 is 1.84 bits per heavy atom. The van der Waals surface area contributed by atoms with Gasteiger partial charge in [0, 0.05) is 47.9 Å². The SMILES string of the molecule is Cc1cc(Nc2cc(C#N)[nH]n2)nc(-c2cnc(C(=O)NCc3ccc(-c4ccccc4)nc3)c(F)c2)n1. The first-order valence-electron chi connectivity index (χ1n) is 11.5. The minimum atomic E-state index is -0.803. The van der Waals surface area contributed by atoms with Gasteiger partial charge in [-0.2, -0.15) is 10.4 Å². The summed E-state index contributed by atoms with van der Waals surface area (Å²) in [5.74, 6) is -0.445. The maximum absolute atomic E-state index is 14.9. The number of nitrogens with zero attached hydrogens (tertiary/aromatic N) is 6. The average molecular weight is 506 g/mol. The number of hydrogen-bond donors (Lipinski definition) is 3. The van der Waals surface area contributed by atoms with Crippen LogP contribution in [-0.2, 0) is 6.54 Å². The van der Waals surface area contributed by atoms with E-state index in [1.165, 1.54) is 18.3 Å². The fraction of sp³-hybridized carbons (Fsp3) is 0.0741. The molecule has 1 amide bonds. The third-order valence-electron chi connectivity index (χ3n) is 5.47. The molecule has 1 aromatic carbocycles. The van der Waals surface area contributed by atoms with Gasteiger partial charge in [0.2, 0.25) is 0 Å². The Bertz CT molecular complexity index is 1640. The van der Waals surface area contributed by atoms with Crippen molar-refractivity contribution >= 4 is 17.5 Å². The molecular formula is C27H20FN9O. The van der Waals surface area contributed by atoms with Crippen LogP contribution in [0.15, 0.2) is 73.1 Å². The van der Waals surface area contributed by atoms with Crippen LogP contribution in [0, 0.1) is 24.1 Å². The van der Waals surface area contributed by atoms with Crippen molar-refractivity contribution in [2.24, 2.45) is 0 Å². The molecule has 0 aliphatic carbocycles. The van der Waals surface area contributed by atoms with Gasteiger partial charge in [0.25, 0.3) is 5.91 Å². The van der Waals surface area contributed by atoms with E-state index in [0.29, 0.717) is 28.6 Å². The summed E-state index contributed by atoms with van der Waals surface area (Å²) >= 11 is 0. The predicted octanol–water partition coefficient (Wildman–Crippen LogP) is 4.32. The van der Waals surface area contributed by atoms with Crippen molar-refractivity contribution in [1.82, 2.24) is 35.5 Å². The van der Waals surface area contributed by atoms with Crippen molar-refractivity contribution in [3.63, 3.8) is 0 Å². The number of anilines is 2. The van der Waals surface area contributed by atoms with E-state index in [1.807, 2.05) is 48.5 Å². The zero-order valence-electron chi connectivity index (χ0n) is 20.1. The summed E-state index contributed by atoms with van der Waals surface area (Å²) in [6.07, 6.45) is 3.01. The minimum Gasteiger partial charge on any atom is -0.346 e. The molecule has 0 bridgehead atoms. The first kappa shape index (κ1) is 24.2. The first-order chi connectivity index (χ1) is 18.5. The van der Waals surface area contributed by atoms with E-state index >= 15 is 0 Å². The first-order valence-corrected chi connectivity index (χ1v) is 11.5. The number of aromatic amines is 1. The summed E-state index contributed by atoms with van der Waals surface area (Å²) in [5.41, 5.74) is 3.44. The monoisotopic (exact) mass is 505 g/mol. The summed E-state index contributed by atoms with van der Waals surface area (Å²) in [5, 5.41) is 21.1. The number of carbonyl (C=O) groups excluding carboxylic acids is 1. The molecule has 0 atom stereocenters. The Morgan fingerprint density at radius 1 is 1.00 bits per heavy atom. The lowest BCUT2D eigenvalue weighted by Crippen LogP contribution is -2.25. The second-order valence-corrected chi connectivity index (χ2v) is 8.28. The molecule has 0 aliphatic rings. The molecule has 4 aromatic heterocycles. The zero-order chi connectivity index (χ0) is 26.5. The van der Waals surface area contributed by atoms with E-state index in [1.54, 1.807) is 19.2 Å². The van der Waals surface area contributed by atoms with E-state index in [4.69, 9.17) is 5.26 Å². The summed E-state index contributed by atoms with van der Waals surface area (Å²) in [4.78, 5) is 29.8. The van der Waals surface area contributed by atoms with Crippen LogP contribution < -0.4 is 10.6 Å². The number of rotatable bonds is 7. The number of aromatic nitrogens is 6. The topological polar surface area (TPSA) is 145 Å². The number of benzene rings is 1. The number of pyridine rings is 2. The van der Waals surface area contributed by atoms with Crippen LogP contribution >= 0.6 is 0 Å². The lowest BCUT2D eigenvalue weighted by atomic mass is 10.1. The van der Waals surface area contributed by atoms with Gasteiger partial charge in [-0.15, -0.1) is 0 Å². The van der Waals surface area contributed by atoms with Crippen LogP contribution in [0.4, 0.5) is 16.0 Å². The van der Waals surface area contributed by atoms with E-state index in [2.05, 4.69) is 40.8 Å². The zero-order valence-corrected chi connectivity index (χ0v) is 20.1. The van der Waals surface area contributed by atoms with Crippen LogP contribution in [0.3, 0.4) is 0 Å². The second-order valence-electron chi connectivity index (χ2n) is 8.28. The molecule has 0 unspecified atom stereocenters.